The highest BCUT2D eigenvalue weighted by atomic mass is 16.6. The zero-order valence-corrected chi connectivity index (χ0v) is 27.3. The van der Waals surface area contributed by atoms with E-state index in [4.69, 9.17) is 24.1 Å². The van der Waals surface area contributed by atoms with Gasteiger partial charge in [-0.1, -0.05) is 55.5 Å². The lowest BCUT2D eigenvalue weighted by atomic mass is 9.66. The van der Waals surface area contributed by atoms with Crippen LogP contribution >= 0.6 is 0 Å². The highest BCUT2D eigenvalue weighted by Crippen LogP contribution is 2.57. The van der Waals surface area contributed by atoms with Crippen molar-refractivity contribution in [3.63, 3.8) is 0 Å². The summed E-state index contributed by atoms with van der Waals surface area (Å²) in [5, 5.41) is 13.0. The summed E-state index contributed by atoms with van der Waals surface area (Å²) in [5.74, 6) is -0.761. The van der Waals surface area contributed by atoms with Crippen LogP contribution in [-0.4, -0.2) is 98.4 Å². The molecule has 10 heteroatoms. The number of nitrogens with zero attached hydrogens (tertiary/aromatic N) is 2. The highest BCUT2D eigenvalue weighted by molar-refractivity contribution is 6.17. The van der Waals surface area contributed by atoms with Crippen LogP contribution in [0.2, 0.25) is 0 Å². The van der Waals surface area contributed by atoms with E-state index in [0.29, 0.717) is 45.2 Å². The van der Waals surface area contributed by atoms with Crippen LogP contribution in [0, 0.1) is 5.41 Å². The number of amides is 1. The van der Waals surface area contributed by atoms with Gasteiger partial charge in [0.05, 0.1) is 57.8 Å². The number of ether oxygens (including phenoxy) is 4. The van der Waals surface area contributed by atoms with Crippen LogP contribution in [0.1, 0.15) is 49.0 Å². The molecule has 10 nitrogen and oxygen atoms in total. The minimum Gasteiger partial charge on any atom is -0.462 e. The SMILES string of the molecule is CC[C@@]12C=C(C(=O)N[C@@H](Cc3ccccc3)C(=O)OCCOCCOCCOCCO)n3c4c(c5ccccc53)CCN(CCC1)[C@H]42. The summed E-state index contributed by atoms with van der Waals surface area (Å²) in [4.78, 5) is 30.6. The van der Waals surface area contributed by atoms with Crippen molar-refractivity contribution in [1.82, 2.24) is 14.8 Å². The Morgan fingerprint density at radius 2 is 1.64 bits per heavy atom. The summed E-state index contributed by atoms with van der Waals surface area (Å²) in [6.45, 7) is 6.45. The molecular formula is C37H47N3O7. The number of nitrogens with one attached hydrogen (secondary N) is 1. The van der Waals surface area contributed by atoms with Gasteiger partial charge in [-0.25, -0.2) is 4.79 Å². The van der Waals surface area contributed by atoms with Crippen molar-refractivity contribution in [2.75, 3.05) is 65.9 Å². The Kier molecular flexibility index (Phi) is 11.1. The van der Waals surface area contributed by atoms with E-state index >= 15 is 0 Å². The van der Waals surface area contributed by atoms with E-state index in [1.807, 2.05) is 36.4 Å². The van der Waals surface area contributed by atoms with Crippen LogP contribution in [0.25, 0.3) is 16.6 Å². The third-order valence-corrected chi connectivity index (χ3v) is 9.81. The first-order chi connectivity index (χ1) is 23.1. The average molecular weight is 646 g/mol. The Bertz CT molecular complexity index is 1550. The summed E-state index contributed by atoms with van der Waals surface area (Å²) in [6.07, 6.45) is 6.55. The molecule has 1 fully saturated rings. The van der Waals surface area contributed by atoms with Crippen LogP contribution in [0.15, 0.2) is 60.7 Å². The zero-order valence-electron chi connectivity index (χ0n) is 27.3. The number of hydrogen-bond acceptors (Lipinski definition) is 8. The lowest BCUT2D eigenvalue weighted by molar-refractivity contribution is -0.149. The van der Waals surface area contributed by atoms with E-state index in [-0.39, 0.29) is 37.2 Å². The molecule has 1 saturated heterocycles. The number of carbonyl (C=O) groups is 2. The zero-order chi connectivity index (χ0) is 32.6. The Hall–Kier alpha value is -3.54. The Labute approximate surface area is 276 Å². The summed E-state index contributed by atoms with van der Waals surface area (Å²) >= 11 is 0. The van der Waals surface area contributed by atoms with Gasteiger partial charge in [-0.3, -0.25) is 9.69 Å². The normalized spacial score (nSPS) is 20.8. The van der Waals surface area contributed by atoms with Gasteiger partial charge in [0.2, 0.25) is 0 Å². The van der Waals surface area contributed by atoms with Gasteiger partial charge < -0.3 is 33.9 Å². The van der Waals surface area contributed by atoms with Crippen LogP contribution in [0.5, 0.6) is 0 Å². The molecule has 0 bridgehead atoms. The van der Waals surface area contributed by atoms with Crippen molar-refractivity contribution in [3.05, 3.63) is 77.5 Å². The van der Waals surface area contributed by atoms with E-state index in [9.17, 15) is 9.59 Å². The molecule has 1 amide bonds. The first-order valence-corrected chi connectivity index (χ1v) is 17.0. The van der Waals surface area contributed by atoms with Gasteiger partial charge in [0, 0.05) is 29.5 Å². The second-order valence-electron chi connectivity index (χ2n) is 12.6. The molecule has 47 heavy (non-hydrogen) atoms. The van der Waals surface area contributed by atoms with Crippen molar-refractivity contribution in [2.24, 2.45) is 5.41 Å². The van der Waals surface area contributed by atoms with Gasteiger partial charge in [0.15, 0.2) is 0 Å². The van der Waals surface area contributed by atoms with Gasteiger partial charge in [-0.2, -0.15) is 0 Å². The fourth-order valence-corrected chi connectivity index (χ4v) is 7.63. The van der Waals surface area contributed by atoms with E-state index in [1.165, 1.54) is 16.6 Å². The predicted molar refractivity (Wildman–Crippen MR) is 179 cm³/mol. The highest BCUT2D eigenvalue weighted by Gasteiger charge is 2.51. The molecule has 0 spiro atoms. The third kappa shape index (κ3) is 7.17. The minimum absolute atomic E-state index is 0.0134. The van der Waals surface area contributed by atoms with E-state index in [2.05, 4.69) is 46.0 Å². The number of esters is 1. The second kappa shape index (κ2) is 15.6. The largest absolute Gasteiger partial charge is 0.462 e. The first kappa shape index (κ1) is 33.4. The molecule has 0 unspecified atom stereocenters. The molecule has 0 aliphatic carbocycles. The molecule has 1 aromatic heterocycles. The number of aliphatic hydroxyl groups is 1. The van der Waals surface area contributed by atoms with E-state index in [1.54, 1.807) is 0 Å². The number of aromatic nitrogens is 1. The van der Waals surface area contributed by atoms with Gasteiger partial charge in [-0.15, -0.1) is 0 Å². The molecule has 0 saturated carbocycles. The fourth-order valence-electron chi connectivity index (χ4n) is 7.63. The maximum atomic E-state index is 14.4. The van der Waals surface area contributed by atoms with Crippen LogP contribution in [-0.2, 0) is 41.4 Å². The summed E-state index contributed by atoms with van der Waals surface area (Å²) in [6, 6.07) is 17.4. The van der Waals surface area contributed by atoms with Gasteiger partial charge in [-0.05, 0) is 55.5 Å². The molecule has 2 N–H and O–H groups in total. The van der Waals surface area contributed by atoms with E-state index < -0.39 is 12.0 Å². The van der Waals surface area contributed by atoms with Crippen molar-refractivity contribution >= 4 is 28.5 Å². The molecule has 3 atom stereocenters. The Morgan fingerprint density at radius 1 is 0.936 bits per heavy atom. The smallest absolute Gasteiger partial charge is 0.329 e. The van der Waals surface area contributed by atoms with Crippen molar-refractivity contribution in [3.8, 4) is 0 Å². The summed E-state index contributed by atoms with van der Waals surface area (Å²) < 4.78 is 24.0. The minimum atomic E-state index is -0.871. The predicted octanol–water partition coefficient (Wildman–Crippen LogP) is 3.90. The number of carbonyl (C=O) groups excluding carboxylic acids is 2. The molecule has 3 aliphatic rings. The lowest BCUT2D eigenvalue weighted by Gasteiger charge is -2.53. The number of rotatable bonds is 17. The number of benzene rings is 2. The van der Waals surface area contributed by atoms with Gasteiger partial charge in [0.25, 0.3) is 5.91 Å². The average Bonchev–Trinajstić information content (AvgIpc) is 3.44. The Morgan fingerprint density at radius 3 is 2.38 bits per heavy atom. The summed E-state index contributed by atoms with van der Waals surface area (Å²) in [5.41, 5.74) is 5.01. The topological polar surface area (TPSA) is 111 Å². The van der Waals surface area contributed by atoms with Crippen molar-refractivity contribution in [1.29, 1.82) is 0 Å². The fraction of sp³-hybridized carbons (Fsp3) is 0.514. The number of fused-ring (bicyclic) bond motifs is 3. The maximum Gasteiger partial charge on any atom is 0.329 e. The van der Waals surface area contributed by atoms with Crippen molar-refractivity contribution < 1.29 is 33.6 Å². The van der Waals surface area contributed by atoms with Gasteiger partial charge in [0.1, 0.15) is 18.3 Å². The molecule has 2 aromatic carbocycles. The van der Waals surface area contributed by atoms with Crippen LogP contribution in [0.3, 0.4) is 0 Å². The quantitative estimate of drug-likeness (QED) is 0.168. The molecule has 0 radical (unpaired) electrons. The molecule has 3 aliphatic heterocycles. The van der Waals surface area contributed by atoms with Gasteiger partial charge >= 0.3 is 5.97 Å². The number of hydrogen-bond donors (Lipinski definition) is 2. The Balaban J connectivity index is 1.17. The molecular weight excluding hydrogens is 598 g/mol. The van der Waals surface area contributed by atoms with Crippen LogP contribution < -0.4 is 5.32 Å². The monoisotopic (exact) mass is 645 g/mol. The van der Waals surface area contributed by atoms with Crippen molar-refractivity contribution in [2.45, 2.75) is 51.1 Å². The number of para-hydroxylation sites is 1. The third-order valence-electron chi connectivity index (χ3n) is 9.81. The molecule has 6 rings (SSSR count). The number of piperidine rings is 1. The number of aliphatic hydroxyl groups excluding tert-OH is 1. The first-order valence-electron chi connectivity index (χ1n) is 17.0. The molecule has 4 heterocycles. The second-order valence-corrected chi connectivity index (χ2v) is 12.6. The summed E-state index contributed by atoms with van der Waals surface area (Å²) in [7, 11) is 0. The molecule has 252 valence electrons. The van der Waals surface area contributed by atoms with E-state index in [0.717, 1.165) is 49.9 Å². The lowest BCUT2D eigenvalue weighted by Crippen LogP contribution is -2.52. The van der Waals surface area contributed by atoms with Crippen LogP contribution in [0.4, 0.5) is 0 Å². The standard InChI is InChI=1S/C37H47N3O7/c1-2-37-14-8-15-39-16-13-29-28-11-6-7-12-31(28)40(33(29)34(37)39)32(26-37)35(42)38-30(25-27-9-4-3-5-10-27)36(43)47-24-23-46-22-21-45-20-19-44-18-17-41/h3-7,9-12,26,30,34,41H,2,8,13-25H2,1H3,(H,38,42)/t30-,34+,37-/m0/s1. The molecule has 3 aromatic rings. The maximum absolute atomic E-state index is 14.4.